The number of rotatable bonds is 2. The lowest BCUT2D eigenvalue weighted by molar-refractivity contribution is -0.116. The first kappa shape index (κ1) is 14.2. The Morgan fingerprint density at radius 2 is 2.00 bits per heavy atom. The summed E-state index contributed by atoms with van der Waals surface area (Å²) in [7, 11) is 0. The molecule has 3 unspecified atom stereocenters. The second kappa shape index (κ2) is 5.58. The summed E-state index contributed by atoms with van der Waals surface area (Å²) in [5.74, 6) is 2.31. The second-order valence-corrected chi connectivity index (χ2v) is 6.60. The van der Waals surface area contributed by atoms with Gasteiger partial charge in [-0.05, 0) is 55.2 Å². The molecule has 114 valence electrons. The fourth-order valence-electron chi connectivity index (χ4n) is 3.31. The number of benzene rings is 1. The van der Waals surface area contributed by atoms with Crippen molar-refractivity contribution in [2.75, 3.05) is 11.1 Å². The molecule has 3 atom stereocenters. The topological polar surface area (TPSA) is 64.3 Å². The highest BCUT2D eigenvalue weighted by atomic mass is 16.5. The van der Waals surface area contributed by atoms with Crippen molar-refractivity contribution in [1.82, 2.24) is 0 Å². The molecule has 4 nitrogen and oxygen atoms in total. The van der Waals surface area contributed by atoms with Crippen LogP contribution >= 0.6 is 0 Å². The molecular weight excluding hydrogens is 264 g/mol. The summed E-state index contributed by atoms with van der Waals surface area (Å²) in [6.07, 6.45) is 4.96. The lowest BCUT2D eigenvalue weighted by Crippen LogP contribution is -2.29. The van der Waals surface area contributed by atoms with Gasteiger partial charge in [-0.2, -0.15) is 0 Å². The normalized spacial score (nSPS) is 28.7. The van der Waals surface area contributed by atoms with Crippen LogP contribution in [0.25, 0.3) is 0 Å². The molecule has 1 saturated carbocycles. The van der Waals surface area contributed by atoms with Crippen LogP contribution in [-0.4, -0.2) is 12.0 Å². The molecule has 21 heavy (non-hydrogen) atoms. The zero-order chi connectivity index (χ0) is 15.0. The lowest BCUT2D eigenvalue weighted by Gasteiger charge is -2.32. The van der Waals surface area contributed by atoms with Crippen LogP contribution in [0.3, 0.4) is 0 Å². The monoisotopic (exact) mass is 288 g/mol. The van der Waals surface area contributed by atoms with E-state index in [1.54, 1.807) is 0 Å². The number of fused-ring (bicyclic) bond motifs is 1. The average molecular weight is 288 g/mol. The number of aryl methyl sites for hydroxylation is 1. The Bertz CT molecular complexity index is 556. The maximum atomic E-state index is 11.4. The summed E-state index contributed by atoms with van der Waals surface area (Å²) >= 11 is 0. The summed E-state index contributed by atoms with van der Waals surface area (Å²) in [6.45, 7) is 4.61. The zero-order valence-electron chi connectivity index (χ0n) is 12.8. The smallest absolute Gasteiger partial charge is 0.224 e. The standard InChI is InChI=1S/C17H24N2O2/c1-10-3-5-13(7-11(10)2)21-16-8-12-4-6-17(20)19-15(12)9-14(16)18/h8-11,13H,3-7,18H2,1-2H3,(H,19,20). The summed E-state index contributed by atoms with van der Waals surface area (Å²) in [5, 5.41) is 2.87. The van der Waals surface area contributed by atoms with Gasteiger partial charge in [-0.1, -0.05) is 13.8 Å². The van der Waals surface area contributed by atoms with Crippen LogP contribution in [-0.2, 0) is 11.2 Å². The number of hydrogen-bond donors (Lipinski definition) is 2. The molecule has 3 rings (SSSR count). The number of carbonyl (C=O) groups excluding carboxylic acids is 1. The van der Waals surface area contributed by atoms with Gasteiger partial charge >= 0.3 is 0 Å². The van der Waals surface area contributed by atoms with Crippen molar-refractivity contribution in [3.63, 3.8) is 0 Å². The first-order chi connectivity index (χ1) is 10.0. The number of carbonyl (C=O) groups is 1. The average Bonchev–Trinajstić information content (AvgIpc) is 2.44. The van der Waals surface area contributed by atoms with Gasteiger partial charge in [0.05, 0.1) is 11.8 Å². The largest absolute Gasteiger partial charge is 0.488 e. The fourth-order valence-corrected chi connectivity index (χ4v) is 3.31. The van der Waals surface area contributed by atoms with Crippen molar-refractivity contribution in [1.29, 1.82) is 0 Å². The molecule has 4 heteroatoms. The van der Waals surface area contributed by atoms with Gasteiger partial charge in [-0.15, -0.1) is 0 Å². The van der Waals surface area contributed by atoms with Crippen molar-refractivity contribution < 1.29 is 9.53 Å². The first-order valence-electron chi connectivity index (χ1n) is 7.92. The molecule has 0 aromatic heterocycles. The Labute approximate surface area is 126 Å². The number of hydrogen-bond acceptors (Lipinski definition) is 3. The third-order valence-corrected chi connectivity index (χ3v) is 4.97. The minimum atomic E-state index is 0.0608. The summed E-state index contributed by atoms with van der Waals surface area (Å²) in [6, 6.07) is 3.84. The van der Waals surface area contributed by atoms with Gasteiger partial charge in [-0.3, -0.25) is 4.79 Å². The van der Waals surface area contributed by atoms with E-state index in [-0.39, 0.29) is 12.0 Å². The van der Waals surface area contributed by atoms with Gasteiger partial charge < -0.3 is 15.8 Å². The Morgan fingerprint density at radius 1 is 1.19 bits per heavy atom. The number of nitrogen functional groups attached to an aromatic ring is 1. The number of anilines is 2. The first-order valence-corrected chi connectivity index (χ1v) is 7.92. The minimum Gasteiger partial charge on any atom is -0.488 e. The lowest BCUT2D eigenvalue weighted by atomic mass is 9.80. The fraction of sp³-hybridized carbons (Fsp3) is 0.588. The van der Waals surface area contributed by atoms with Crippen molar-refractivity contribution in [2.24, 2.45) is 11.8 Å². The van der Waals surface area contributed by atoms with Crippen molar-refractivity contribution in [3.05, 3.63) is 17.7 Å². The number of nitrogens with two attached hydrogens (primary N) is 1. The molecule has 0 spiro atoms. The van der Waals surface area contributed by atoms with Crippen LogP contribution in [0, 0.1) is 11.8 Å². The van der Waals surface area contributed by atoms with E-state index in [0.29, 0.717) is 18.0 Å². The van der Waals surface area contributed by atoms with E-state index < -0.39 is 0 Å². The van der Waals surface area contributed by atoms with Gasteiger partial charge in [0.25, 0.3) is 0 Å². The van der Waals surface area contributed by atoms with Crippen LogP contribution in [0.15, 0.2) is 12.1 Å². The maximum Gasteiger partial charge on any atom is 0.224 e. The SMILES string of the molecule is CC1CCC(Oc2cc3c(cc2N)NC(=O)CC3)CC1C. The molecule has 1 aliphatic heterocycles. The van der Waals surface area contributed by atoms with E-state index in [1.165, 1.54) is 6.42 Å². The van der Waals surface area contributed by atoms with Crippen molar-refractivity contribution >= 4 is 17.3 Å². The third kappa shape index (κ3) is 2.99. The quantitative estimate of drug-likeness (QED) is 0.820. The second-order valence-electron chi connectivity index (χ2n) is 6.60. The van der Waals surface area contributed by atoms with E-state index in [4.69, 9.17) is 10.5 Å². The zero-order valence-corrected chi connectivity index (χ0v) is 12.8. The molecule has 1 fully saturated rings. The Balaban J connectivity index is 1.75. The van der Waals surface area contributed by atoms with E-state index in [9.17, 15) is 4.79 Å². The molecular formula is C17H24N2O2. The van der Waals surface area contributed by atoms with Gasteiger partial charge in [0, 0.05) is 12.1 Å². The minimum absolute atomic E-state index is 0.0608. The molecule has 1 aliphatic carbocycles. The molecule has 0 radical (unpaired) electrons. The van der Waals surface area contributed by atoms with Gasteiger partial charge in [0.15, 0.2) is 0 Å². The highest BCUT2D eigenvalue weighted by Crippen LogP contribution is 2.36. The molecule has 1 heterocycles. The van der Waals surface area contributed by atoms with Gasteiger partial charge in [0.1, 0.15) is 5.75 Å². The predicted octanol–water partition coefficient (Wildman–Crippen LogP) is 3.36. The summed E-state index contributed by atoms with van der Waals surface area (Å²) in [4.78, 5) is 11.4. The highest BCUT2D eigenvalue weighted by Gasteiger charge is 2.26. The number of ether oxygens (including phenoxy) is 1. The highest BCUT2D eigenvalue weighted by molar-refractivity contribution is 5.94. The molecule has 3 N–H and O–H groups in total. The number of nitrogens with one attached hydrogen (secondary N) is 1. The Hall–Kier alpha value is -1.71. The summed E-state index contributed by atoms with van der Waals surface area (Å²) in [5.41, 5.74) is 8.66. The summed E-state index contributed by atoms with van der Waals surface area (Å²) < 4.78 is 6.16. The van der Waals surface area contributed by atoms with Gasteiger partial charge in [-0.25, -0.2) is 0 Å². The third-order valence-electron chi connectivity index (χ3n) is 4.97. The van der Waals surface area contributed by atoms with Crippen LogP contribution < -0.4 is 15.8 Å². The van der Waals surface area contributed by atoms with E-state index in [1.807, 2.05) is 12.1 Å². The Morgan fingerprint density at radius 3 is 2.76 bits per heavy atom. The van der Waals surface area contributed by atoms with Crippen LogP contribution in [0.2, 0.25) is 0 Å². The molecule has 0 saturated heterocycles. The molecule has 1 aromatic rings. The molecule has 2 aliphatic rings. The van der Waals surface area contributed by atoms with Crippen LogP contribution in [0.4, 0.5) is 11.4 Å². The van der Waals surface area contributed by atoms with Gasteiger partial charge in [0.2, 0.25) is 5.91 Å². The maximum absolute atomic E-state index is 11.4. The van der Waals surface area contributed by atoms with Crippen molar-refractivity contribution in [3.8, 4) is 5.75 Å². The Kier molecular flexibility index (Phi) is 3.79. The molecule has 1 aromatic carbocycles. The number of amides is 1. The van der Waals surface area contributed by atoms with E-state index >= 15 is 0 Å². The van der Waals surface area contributed by atoms with Crippen LogP contribution in [0.5, 0.6) is 5.75 Å². The van der Waals surface area contributed by atoms with E-state index in [2.05, 4.69) is 19.2 Å². The van der Waals surface area contributed by atoms with Crippen molar-refractivity contribution in [2.45, 2.75) is 52.1 Å². The van der Waals surface area contributed by atoms with Crippen LogP contribution in [0.1, 0.15) is 45.1 Å². The predicted molar refractivity (Wildman–Crippen MR) is 84.4 cm³/mol. The molecule has 1 amide bonds. The van der Waals surface area contributed by atoms with E-state index in [0.717, 1.165) is 42.2 Å². The molecule has 0 bridgehead atoms.